The van der Waals surface area contributed by atoms with Crippen LogP contribution in [-0.2, 0) is 22.8 Å². The van der Waals surface area contributed by atoms with Gasteiger partial charge in [-0.15, -0.1) is 10.2 Å². The van der Waals surface area contributed by atoms with E-state index in [0.29, 0.717) is 17.8 Å². The van der Waals surface area contributed by atoms with E-state index in [9.17, 15) is 17.6 Å². The lowest BCUT2D eigenvalue weighted by Gasteiger charge is -2.12. The molecule has 2 aromatic carbocycles. The Morgan fingerprint density at radius 2 is 1.94 bits per heavy atom. The number of benzene rings is 2. The van der Waals surface area contributed by atoms with Crippen LogP contribution >= 0.6 is 0 Å². The molecule has 0 bridgehead atoms. The standard InChI is InChI=1S/C23H25FN4O3S/c1-2-14-32(30,31)20-9-6-5-8-17(20)23(29)25-19-15-16(11-12-18(19)24)22-27-26-21-10-4-3-7-13-28(21)22/h5-6,8-9,11-12,15H,2-4,7,10,13-14H2,1H3,(H,25,29). The Balaban J connectivity index is 1.66. The van der Waals surface area contributed by atoms with Crippen LogP contribution < -0.4 is 5.32 Å². The highest BCUT2D eigenvalue weighted by molar-refractivity contribution is 7.91. The zero-order valence-corrected chi connectivity index (χ0v) is 18.7. The van der Waals surface area contributed by atoms with Gasteiger partial charge in [-0.3, -0.25) is 4.79 Å². The van der Waals surface area contributed by atoms with Crippen molar-refractivity contribution < 1.29 is 17.6 Å². The van der Waals surface area contributed by atoms with Crippen LogP contribution in [-0.4, -0.2) is 34.8 Å². The number of aryl methyl sites for hydroxylation is 1. The summed E-state index contributed by atoms with van der Waals surface area (Å²) in [4.78, 5) is 12.9. The summed E-state index contributed by atoms with van der Waals surface area (Å²) in [5, 5.41) is 11.1. The molecular formula is C23H25FN4O3S. The second-order valence-corrected chi connectivity index (χ2v) is 9.94. The average Bonchev–Trinajstić information content (AvgIpc) is 3.03. The van der Waals surface area contributed by atoms with Crippen molar-refractivity contribution in [1.29, 1.82) is 0 Å². The molecule has 1 amide bonds. The van der Waals surface area contributed by atoms with Gasteiger partial charge in [0.1, 0.15) is 11.6 Å². The molecule has 7 nitrogen and oxygen atoms in total. The van der Waals surface area contributed by atoms with Gasteiger partial charge in [-0.25, -0.2) is 12.8 Å². The first-order valence-electron chi connectivity index (χ1n) is 10.8. The minimum Gasteiger partial charge on any atom is -0.319 e. The molecule has 168 valence electrons. The summed E-state index contributed by atoms with van der Waals surface area (Å²) in [6, 6.07) is 10.4. The molecule has 32 heavy (non-hydrogen) atoms. The van der Waals surface area contributed by atoms with Crippen molar-refractivity contribution in [1.82, 2.24) is 14.8 Å². The molecule has 1 aliphatic heterocycles. The molecule has 0 unspecified atom stereocenters. The van der Waals surface area contributed by atoms with Gasteiger partial charge in [0.2, 0.25) is 0 Å². The summed E-state index contributed by atoms with van der Waals surface area (Å²) < 4.78 is 41.8. The van der Waals surface area contributed by atoms with Gasteiger partial charge < -0.3 is 9.88 Å². The maximum atomic E-state index is 14.6. The number of carbonyl (C=O) groups excluding carboxylic acids is 1. The third kappa shape index (κ3) is 4.43. The van der Waals surface area contributed by atoms with Gasteiger partial charge in [-0.05, 0) is 49.6 Å². The summed E-state index contributed by atoms with van der Waals surface area (Å²) in [7, 11) is -3.62. The molecule has 3 aromatic rings. The molecule has 1 aromatic heterocycles. The fraction of sp³-hybridized carbons (Fsp3) is 0.348. The predicted octanol–water partition coefficient (Wildman–Crippen LogP) is 4.25. The van der Waals surface area contributed by atoms with Crippen LogP contribution in [0.4, 0.5) is 10.1 Å². The molecule has 4 rings (SSSR count). The fourth-order valence-electron chi connectivity index (χ4n) is 3.95. The zero-order chi connectivity index (χ0) is 22.7. The van der Waals surface area contributed by atoms with Gasteiger partial charge in [-0.1, -0.05) is 25.5 Å². The lowest BCUT2D eigenvalue weighted by molar-refractivity contribution is 0.102. The summed E-state index contributed by atoms with van der Waals surface area (Å²) >= 11 is 0. The number of nitrogens with one attached hydrogen (secondary N) is 1. The molecule has 0 spiro atoms. The Morgan fingerprint density at radius 1 is 1.12 bits per heavy atom. The number of anilines is 1. The molecule has 1 N–H and O–H groups in total. The largest absolute Gasteiger partial charge is 0.319 e. The molecule has 9 heteroatoms. The van der Waals surface area contributed by atoms with Crippen molar-refractivity contribution in [2.24, 2.45) is 0 Å². The molecule has 0 fully saturated rings. The third-order valence-corrected chi connectivity index (χ3v) is 7.49. The van der Waals surface area contributed by atoms with E-state index in [1.165, 1.54) is 24.3 Å². The minimum absolute atomic E-state index is 0.0119. The molecule has 0 saturated heterocycles. The van der Waals surface area contributed by atoms with Gasteiger partial charge in [0.05, 0.1) is 21.9 Å². The second-order valence-electron chi connectivity index (χ2n) is 7.87. The van der Waals surface area contributed by atoms with Gasteiger partial charge in [-0.2, -0.15) is 0 Å². The van der Waals surface area contributed by atoms with Crippen LogP contribution in [0.15, 0.2) is 47.4 Å². The van der Waals surface area contributed by atoms with Gasteiger partial charge in [0, 0.05) is 18.5 Å². The van der Waals surface area contributed by atoms with Crippen molar-refractivity contribution >= 4 is 21.4 Å². The topological polar surface area (TPSA) is 93.9 Å². The highest BCUT2D eigenvalue weighted by Gasteiger charge is 2.23. The Labute approximate surface area is 186 Å². The monoisotopic (exact) mass is 456 g/mol. The third-order valence-electron chi connectivity index (χ3n) is 5.52. The number of carbonyl (C=O) groups is 1. The van der Waals surface area contributed by atoms with E-state index in [1.807, 2.05) is 4.57 Å². The zero-order valence-electron chi connectivity index (χ0n) is 17.8. The van der Waals surface area contributed by atoms with Crippen molar-refractivity contribution in [2.45, 2.75) is 50.5 Å². The van der Waals surface area contributed by atoms with E-state index in [1.54, 1.807) is 25.1 Å². The number of rotatable bonds is 6. The molecular weight excluding hydrogens is 431 g/mol. The lowest BCUT2D eigenvalue weighted by atomic mass is 10.1. The molecule has 0 saturated carbocycles. The van der Waals surface area contributed by atoms with Gasteiger partial charge >= 0.3 is 0 Å². The maximum Gasteiger partial charge on any atom is 0.257 e. The van der Waals surface area contributed by atoms with Crippen LogP contribution in [0.5, 0.6) is 0 Å². The molecule has 2 heterocycles. The first kappa shape index (κ1) is 22.1. The predicted molar refractivity (Wildman–Crippen MR) is 120 cm³/mol. The number of sulfone groups is 1. The Kier molecular flexibility index (Phi) is 6.36. The van der Waals surface area contributed by atoms with Crippen LogP contribution in [0.3, 0.4) is 0 Å². The van der Waals surface area contributed by atoms with E-state index in [0.717, 1.165) is 38.1 Å². The summed E-state index contributed by atoms with van der Waals surface area (Å²) in [6.07, 6.45) is 4.47. The number of fused-ring (bicyclic) bond motifs is 1. The first-order valence-corrected chi connectivity index (χ1v) is 12.4. The quantitative estimate of drug-likeness (QED) is 0.599. The van der Waals surface area contributed by atoms with Crippen molar-refractivity contribution in [3.63, 3.8) is 0 Å². The van der Waals surface area contributed by atoms with E-state index in [-0.39, 0.29) is 21.9 Å². The lowest BCUT2D eigenvalue weighted by Crippen LogP contribution is -2.18. The number of hydrogen-bond acceptors (Lipinski definition) is 5. The molecule has 1 aliphatic rings. The average molecular weight is 457 g/mol. The van der Waals surface area contributed by atoms with E-state index < -0.39 is 21.6 Å². The summed E-state index contributed by atoms with van der Waals surface area (Å²) in [5.74, 6) is 0.160. The highest BCUT2D eigenvalue weighted by atomic mass is 32.2. The first-order chi connectivity index (χ1) is 15.4. The second kappa shape index (κ2) is 9.20. The number of halogens is 1. The van der Waals surface area contributed by atoms with Crippen molar-refractivity contribution in [3.8, 4) is 11.4 Å². The Bertz CT molecular complexity index is 1250. The number of aromatic nitrogens is 3. The van der Waals surface area contributed by atoms with Crippen molar-refractivity contribution in [2.75, 3.05) is 11.1 Å². The number of hydrogen-bond donors (Lipinski definition) is 1. The summed E-state index contributed by atoms with van der Waals surface area (Å²) in [6.45, 7) is 2.55. The normalized spacial score (nSPS) is 13.9. The van der Waals surface area contributed by atoms with Crippen LogP contribution in [0.1, 0.15) is 48.8 Å². The van der Waals surface area contributed by atoms with E-state index in [2.05, 4.69) is 15.5 Å². The Morgan fingerprint density at radius 3 is 2.75 bits per heavy atom. The smallest absolute Gasteiger partial charge is 0.257 e. The molecule has 0 aliphatic carbocycles. The van der Waals surface area contributed by atoms with Crippen LogP contribution in [0.2, 0.25) is 0 Å². The maximum absolute atomic E-state index is 14.6. The van der Waals surface area contributed by atoms with Crippen LogP contribution in [0, 0.1) is 5.82 Å². The minimum atomic E-state index is -3.62. The molecule has 0 radical (unpaired) electrons. The van der Waals surface area contributed by atoms with Gasteiger partial charge in [0.25, 0.3) is 5.91 Å². The number of amides is 1. The SMILES string of the molecule is CCCS(=O)(=O)c1ccccc1C(=O)Nc1cc(-c2nnc3n2CCCCC3)ccc1F. The van der Waals surface area contributed by atoms with Crippen LogP contribution in [0.25, 0.3) is 11.4 Å². The summed E-state index contributed by atoms with van der Waals surface area (Å²) in [5.41, 5.74) is 0.581. The fourth-order valence-corrected chi connectivity index (χ4v) is 5.49. The van der Waals surface area contributed by atoms with Crippen molar-refractivity contribution in [3.05, 3.63) is 59.7 Å². The Hall–Kier alpha value is -3.07. The molecule has 0 atom stereocenters. The highest BCUT2D eigenvalue weighted by Crippen LogP contribution is 2.27. The van der Waals surface area contributed by atoms with E-state index >= 15 is 0 Å². The van der Waals surface area contributed by atoms with E-state index in [4.69, 9.17) is 0 Å². The van der Waals surface area contributed by atoms with Gasteiger partial charge in [0.15, 0.2) is 15.7 Å². The number of nitrogens with zero attached hydrogens (tertiary/aromatic N) is 3.